The molecule has 1 N–H and O–H groups in total. The van der Waals surface area contributed by atoms with Gasteiger partial charge in [0.25, 0.3) is 0 Å². The van der Waals surface area contributed by atoms with E-state index in [4.69, 9.17) is 23.2 Å². The monoisotopic (exact) mass is 361 g/mol. The van der Waals surface area contributed by atoms with E-state index >= 15 is 0 Å². The summed E-state index contributed by atoms with van der Waals surface area (Å²) in [6.45, 7) is 0.218. The Morgan fingerprint density at radius 1 is 1.05 bits per heavy atom. The zero-order valence-electron chi connectivity index (χ0n) is 11.5. The van der Waals surface area contributed by atoms with E-state index in [1.54, 1.807) is 12.1 Å². The van der Waals surface area contributed by atoms with Crippen molar-refractivity contribution in [1.29, 1.82) is 0 Å². The minimum atomic E-state index is -3.66. The van der Waals surface area contributed by atoms with Crippen LogP contribution in [0.3, 0.4) is 0 Å². The highest BCUT2D eigenvalue weighted by molar-refractivity contribution is 7.88. The molecule has 0 saturated carbocycles. The van der Waals surface area contributed by atoms with Crippen molar-refractivity contribution in [2.45, 2.75) is 12.2 Å². The summed E-state index contributed by atoms with van der Waals surface area (Å²) in [5.74, 6) is -1.12. The highest BCUT2D eigenvalue weighted by Crippen LogP contribution is 2.21. The second kappa shape index (κ2) is 7.42. The van der Waals surface area contributed by atoms with Gasteiger partial charge >= 0.3 is 0 Å². The van der Waals surface area contributed by atoms with E-state index in [0.717, 1.165) is 5.56 Å². The molecule has 0 atom stereocenters. The van der Waals surface area contributed by atoms with Crippen LogP contribution in [0.4, 0.5) is 4.39 Å². The lowest BCUT2D eigenvalue weighted by Crippen LogP contribution is -2.27. The SMILES string of the molecule is O=S(=O)(Cc1c(F)cccc1Cl)NCCc1ccc(Cl)cc1. The van der Waals surface area contributed by atoms with Gasteiger partial charge in [0.1, 0.15) is 5.82 Å². The third kappa shape index (κ3) is 4.95. The summed E-state index contributed by atoms with van der Waals surface area (Å²) in [4.78, 5) is 0. The van der Waals surface area contributed by atoms with Gasteiger partial charge in [-0.15, -0.1) is 0 Å². The maximum atomic E-state index is 13.6. The van der Waals surface area contributed by atoms with E-state index in [-0.39, 0.29) is 17.1 Å². The lowest BCUT2D eigenvalue weighted by Gasteiger charge is -2.09. The van der Waals surface area contributed by atoms with Crippen molar-refractivity contribution in [1.82, 2.24) is 4.72 Å². The Hall–Kier alpha value is -1.14. The van der Waals surface area contributed by atoms with Gasteiger partial charge in [-0.2, -0.15) is 0 Å². The first kappa shape index (κ1) is 17.2. The van der Waals surface area contributed by atoms with E-state index in [2.05, 4.69) is 4.72 Å². The first-order valence-corrected chi connectivity index (χ1v) is 8.93. The van der Waals surface area contributed by atoms with Gasteiger partial charge in [-0.3, -0.25) is 0 Å². The molecule has 3 nitrogen and oxygen atoms in total. The van der Waals surface area contributed by atoms with Crippen molar-refractivity contribution in [3.05, 3.63) is 69.5 Å². The van der Waals surface area contributed by atoms with Crippen LogP contribution in [0.15, 0.2) is 42.5 Å². The van der Waals surface area contributed by atoms with Crippen LogP contribution in [0.25, 0.3) is 0 Å². The van der Waals surface area contributed by atoms with Crippen molar-refractivity contribution < 1.29 is 12.8 Å². The van der Waals surface area contributed by atoms with E-state index < -0.39 is 21.6 Å². The third-order valence-corrected chi connectivity index (χ3v) is 4.96. The maximum absolute atomic E-state index is 13.6. The number of sulfonamides is 1. The molecule has 0 aliphatic carbocycles. The van der Waals surface area contributed by atoms with Gasteiger partial charge in [-0.05, 0) is 36.2 Å². The van der Waals surface area contributed by atoms with Crippen LogP contribution in [0.1, 0.15) is 11.1 Å². The van der Waals surface area contributed by atoms with Crippen molar-refractivity contribution in [3.63, 3.8) is 0 Å². The van der Waals surface area contributed by atoms with Crippen LogP contribution in [0.2, 0.25) is 10.0 Å². The number of rotatable bonds is 6. The molecule has 7 heteroatoms. The van der Waals surface area contributed by atoms with Gasteiger partial charge in [0, 0.05) is 22.2 Å². The summed E-state index contributed by atoms with van der Waals surface area (Å²) < 4.78 is 40.0. The van der Waals surface area contributed by atoms with E-state index in [9.17, 15) is 12.8 Å². The first-order valence-electron chi connectivity index (χ1n) is 6.52. The lowest BCUT2D eigenvalue weighted by molar-refractivity contribution is 0.574. The summed E-state index contributed by atoms with van der Waals surface area (Å²) in [6, 6.07) is 11.2. The number of halogens is 3. The van der Waals surface area contributed by atoms with Crippen molar-refractivity contribution in [2.75, 3.05) is 6.54 Å². The van der Waals surface area contributed by atoms with Crippen LogP contribution < -0.4 is 4.72 Å². The lowest BCUT2D eigenvalue weighted by atomic mass is 10.2. The quantitative estimate of drug-likeness (QED) is 0.850. The van der Waals surface area contributed by atoms with Crippen LogP contribution in [-0.2, 0) is 22.2 Å². The fourth-order valence-corrected chi connectivity index (χ4v) is 3.54. The molecule has 0 saturated heterocycles. The second-order valence-electron chi connectivity index (χ2n) is 4.73. The Bertz CT molecular complexity index is 728. The molecule has 0 amide bonds. The topological polar surface area (TPSA) is 46.2 Å². The normalized spacial score (nSPS) is 11.6. The molecule has 0 aliphatic rings. The third-order valence-electron chi connectivity index (χ3n) is 3.04. The highest BCUT2D eigenvalue weighted by Gasteiger charge is 2.16. The second-order valence-corrected chi connectivity index (χ2v) is 7.38. The molecule has 0 radical (unpaired) electrons. The Balaban J connectivity index is 1.95. The molecular weight excluding hydrogens is 348 g/mol. The zero-order chi connectivity index (χ0) is 16.2. The Morgan fingerprint density at radius 2 is 1.73 bits per heavy atom. The van der Waals surface area contributed by atoms with Gasteiger partial charge < -0.3 is 0 Å². The largest absolute Gasteiger partial charge is 0.215 e. The fourth-order valence-electron chi connectivity index (χ4n) is 1.91. The molecule has 0 spiro atoms. The summed E-state index contributed by atoms with van der Waals surface area (Å²) >= 11 is 11.6. The molecule has 2 aromatic rings. The summed E-state index contributed by atoms with van der Waals surface area (Å²) in [5, 5.41) is 0.724. The Kier molecular flexibility index (Phi) is 5.81. The minimum Gasteiger partial charge on any atom is -0.215 e. The fraction of sp³-hybridized carbons (Fsp3) is 0.200. The van der Waals surface area contributed by atoms with Crippen molar-refractivity contribution in [3.8, 4) is 0 Å². The van der Waals surface area contributed by atoms with Crippen LogP contribution in [-0.4, -0.2) is 15.0 Å². The molecule has 0 unspecified atom stereocenters. The van der Waals surface area contributed by atoms with E-state index in [1.807, 2.05) is 12.1 Å². The molecule has 0 bridgehead atoms. The molecule has 0 heterocycles. The molecule has 2 rings (SSSR count). The summed E-state index contributed by atoms with van der Waals surface area (Å²) in [5.41, 5.74) is 0.930. The Labute approximate surface area is 139 Å². The van der Waals surface area contributed by atoms with Crippen molar-refractivity contribution >= 4 is 33.2 Å². The minimum absolute atomic E-state index is 0.0249. The molecule has 2 aromatic carbocycles. The zero-order valence-corrected chi connectivity index (χ0v) is 13.8. The standard InChI is InChI=1S/C15H14Cl2FNO2S/c16-12-6-4-11(5-7-12)8-9-19-22(20,21)10-13-14(17)2-1-3-15(13)18/h1-7,19H,8-10H2. The summed E-state index contributed by atoms with van der Waals surface area (Å²) in [7, 11) is -3.66. The molecule has 22 heavy (non-hydrogen) atoms. The molecule has 0 fully saturated rings. The van der Waals surface area contributed by atoms with Crippen molar-refractivity contribution in [2.24, 2.45) is 0 Å². The van der Waals surface area contributed by atoms with Gasteiger partial charge in [0.15, 0.2) is 0 Å². The number of hydrogen-bond donors (Lipinski definition) is 1. The smallest absolute Gasteiger partial charge is 0.215 e. The number of hydrogen-bond acceptors (Lipinski definition) is 2. The van der Waals surface area contributed by atoms with E-state index in [0.29, 0.717) is 11.4 Å². The van der Waals surface area contributed by atoms with Crippen LogP contribution in [0.5, 0.6) is 0 Å². The molecule has 0 aromatic heterocycles. The van der Waals surface area contributed by atoms with Crippen LogP contribution >= 0.6 is 23.2 Å². The van der Waals surface area contributed by atoms with Crippen LogP contribution in [0, 0.1) is 5.82 Å². The average Bonchev–Trinajstić information content (AvgIpc) is 2.45. The molecule has 118 valence electrons. The maximum Gasteiger partial charge on any atom is 0.215 e. The van der Waals surface area contributed by atoms with Gasteiger partial charge in [-0.1, -0.05) is 41.4 Å². The predicted octanol–water partition coefficient (Wildman–Crippen LogP) is 3.79. The van der Waals surface area contributed by atoms with Gasteiger partial charge in [0.05, 0.1) is 5.75 Å². The summed E-state index contributed by atoms with van der Waals surface area (Å²) in [6.07, 6.45) is 0.515. The average molecular weight is 362 g/mol. The Morgan fingerprint density at radius 3 is 2.36 bits per heavy atom. The van der Waals surface area contributed by atoms with Gasteiger partial charge in [-0.25, -0.2) is 17.5 Å². The number of nitrogens with one attached hydrogen (secondary N) is 1. The highest BCUT2D eigenvalue weighted by atomic mass is 35.5. The molecular formula is C15H14Cl2FNO2S. The number of benzene rings is 2. The van der Waals surface area contributed by atoms with E-state index in [1.165, 1.54) is 18.2 Å². The predicted molar refractivity (Wildman–Crippen MR) is 87.2 cm³/mol. The first-order chi connectivity index (χ1) is 10.4. The van der Waals surface area contributed by atoms with Gasteiger partial charge in [0.2, 0.25) is 10.0 Å². The molecule has 0 aliphatic heterocycles.